The number of benzene rings is 2. The van der Waals surface area contributed by atoms with Crippen LogP contribution in [0.15, 0.2) is 83.3 Å². The van der Waals surface area contributed by atoms with E-state index in [2.05, 4.69) is 31.3 Å². The van der Waals surface area contributed by atoms with Gasteiger partial charge in [-0.3, -0.25) is 9.69 Å². The van der Waals surface area contributed by atoms with Crippen molar-refractivity contribution in [1.82, 2.24) is 25.1 Å². The average molecular weight is 772 g/mol. The molecule has 3 atom stereocenters. The fourth-order valence-corrected chi connectivity index (χ4v) is 6.39. The highest BCUT2D eigenvalue weighted by Crippen LogP contribution is 2.41. The van der Waals surface area contributed by atoms with Crippen LogP contribution in [-0.4, -0.2) is 57.6 Å². The molecule has 3 aromatic heterocycles. The predicted molar refractivity (Wildman–Crippen MR) is 184 cm³/mol. The topological polar surface area (TPSA) is 136 Å². The second-order valence-electron chi connectivity index (χ2n) is 11.5. The highest BCUT2D eigenvalue weighted by Gasteiger charge is 2.43. The second-order valence-corrected chi connectivity index (χ2v) is 13.3. The molecule has 16 heteroatoms. The van der Waals surface area contributed by atoms with E-state index in [9.17, 15) is 19.1 Å². The van der Waals surface area contributed by atoms with E-state index < -0.39 is 41.4 Å². The summed E-state index contributed by atoms with van der Waals surface area (Å²) in [7, 11) is 3.10. The van der Waals surface area contributed by atoms with E-state index in [0.717, 1.165) is 28.2 Å². The molecule has 1 amide bonds. The molecule has 2 aromatic carbocycles. The van der Waals surface area contributed by atoms with Crippen molar-refractivity contribution in [3.63, 3.8) is 0 Å². The summed E-state index contributed by atoms with van der Waals surface area (Å²) < 4.78 is 44.5. The standard InChI is InChI=1S/C34H35BrF2N7O5S/c1-21(32-41-29(17-50-32)23-7-9-25(35)10-8-23)34(47,27-14-26(36)11-12-28(27)37)18-44-20-43(19-40-44)22(2)49-33(46)42(4)31-24(6-5-13-39-31)16-48-30(45)15-38-3/h5-14,17,19-22,38,47H,15-16,18H2,1-4H3/q+1/t21-,22?,34+/m0/s1. The lowest BCUT2D eigenvalue weighted by Gasteiger charge is -2.32. The van der Waals surface area contributed by atoms with Crippen LogP contribution in [0.4, 0.5) is 19.4 Å². The SMILES string of the molecule is CNCC(=O)OCc1cccnc1N(C)C(=O)OC(C)[n+]1cnn(C[C@](O)(c2cc(F)ccc2F)[C@@H](C)c2nc(-c3ccc(Br)cc3)cs2)c1. The zero-order chi connectivity index (χ0) is 36.0. The normalized spacial score (nSPS) is 13.7. The lowest BCUT2D eigenvalue weighted by Crippen LogP contribution is -2.42. The van der Waals surface area contributed by atoms with Crippen molar-refractivity contribution in [2.24, 2.45) is 0 Å². The molecule has 0 fully saturated rings. The lowest BCUT2D eigenvalue weighted by atomic mass is 9.82. The van der Waals surface area contributed by atoms with E-state index in [4.69, 9.17) is 14.5 Å². The Morgan fingerprint density at radius 2 is 1.94 bits per heavy atom. The number of pyridine rings is 1. The number of halogens is 3. The first-order valence-corrected chi connectivity index (χ1v) is 17.1. The van der Waals surface area contributed by atoms with Gasteiger partial charge in [-0.05, 0) is 43.4 Å². The maximum atomic E-state index is 15.3. The van der Waals surface area contributed by atoms with Crippen molar-refractivity contribution in [2.75, 3.05) is 25.5 Å². The number of anilines is 1. The third kappa shape index (κ3) is 8.38. The monoisotopic (exact) mass is 770 g/mol. The van der Waals surface area contributed by atoms with Gasteiger partial charge in [-0.25, -0.2) is 23.5 Å². The molecular formula is C34H35BrF2N7O5S+. The number of aromatic nitrogens is 5. The fraction of sp³-hybridized carbons (Fsp3) is 0.294. The quantitative estimate of drug-likeness (QED) is 0.118. The van der Waals surface area contributed by atoms with Crippen LogP contribution in [-0.2, 0) is 33.0 Å². The van der Waals surface area contributed by atoms with Gasteiger partial charge >= 0.3 is 12.1 Å². The number of amides is 1. The maximum Gasteiger partial charge on any atom is 0.418 e. The van der Waals surface area contributed by atoms with Gasteiger partial charge in [-0.2, -0.15) is 4.57 Å². The molecule has 12 nitrogen and oxygen atoms in total. The van der Waals surface area contributed by atoms with Crippen LogP contribution in [0.25, 0.3) is 11.3 Å². The van der Waals surface area contributed by atoms with Crippen LogP contribution < -0.4 is 14.8 Å². The van der Waals surface area contributed by atoms with E-state index >= 15 is 4.39 Å². The van der Waals surface area contributed by atoms with Crippen molar-refractivity contribution < 1.29 is 37.5 Å². The van der Waals surface area contributed by atoms with Crippen molar-refractivity contribution in [1.29, 1.82) is 0 Å². The van der Waals surface area contributed by atoms with Gasteiger partial charge in [0.2, 0.25) is 12.6 Å². The Morgan fingerprint density at radius 1 is 1.18 bits per heavy atom. The summed E-state index contributed by atoms with van der Waals surface area (Å²) in [5.74, 6) is -2.53. The minimum atomic E-state index is -2.00. The van der Waals surface area contributed by atoms with Crippen LogP contribution in [0, 0.1) is 11.6 Å². The molecule has 262 valence electrons. The highest BCUT2D eigenvalue weighted by atomic mass is 79.9. The van der Waals surface area contributed by atoms with Crippen LogP contribution in [0.3, 0.4) is 0 Å². The molecule has 0 saturated heterocycles. The Hall–Kier alpha value is -4.64. The van der Waals surface area contributed by atoms with Gasteiger partial charge in [0.05, 0.1) is 17.2 Å². The Morgan fingerprint density at radius 3 is 2.68 bits per heavy atom. The number of nitrogens with zero attached hydrogens (tertiary/aromatic N) is 6. The molecule has 50 heavy (non-hydrogen) atoms. The van der Waals surface area contributed by atoms with Gasteiger partial charge in [0.25, 0.3) is 6.33 Å². The Labute approximate surface area is 299 Å². The number of hydrogen-bond acceptors (Lipinski definition) is 10. The van der Waals surface area contributed by atoms with Gasteiger partial charge < -0.3 is 19.9 Å². The summed E-state index contributed by atoms with van der Waals surface area (Å²) in [6, 6.07) is 13.8. The van der Waals surface area contributed by atoms with Crippen molar-refractivity contribution in [3.8, 4) is 11.3 Å². The average Bonchev–Trinajstić information content (AvgIpc) is 3.79. The molecule has 2 N–H and O–H groups in total. The molecule has 0 aliphatic heterocycles. The summed E-state index contributed by atoms with van der Waals surface area (Å²) in [5.41, 5.74) is -0.227. The largest absolute Gasteiger partial charge is 0.460 e. The zero-order valence-corrected chi connectivity index (χ0v) is 30.0. The predicted octanol–water partition coefficient (Wildman–Crippen LogP) is 5.48. The molecule has 0 spiro atoms. The molecule has 0 aliphatic rings. The van der Waals surface area contributed by atoms with Gasteiger partial charge in [0, 0.05) is 57.7 Å². The molecule has 0 aliphatic carbocycles. The number of thiazole rings is 1. The number of esters is 1. The zero-order valence-electron chi connectivity index (χ0n) is 27.6. The molecule has 0 bridgehead atoms. The maximum absolute atomic E-state index is 15.3. The van der Waals surface area contributed by atoms with Crippen molar-refractivity contribution in [2.45, 2.75) is 44.7 Å². The van der Waals surface area contributed by atoms with Crippen LogP contribution in [0.2, 0.25) is 0 Å². The third-order valence-corrected chi connectivity index (χ3v) is 9.56. The minimum Gasteiger partial charge on any atom is -0.460 e. The number of ether oxygens (including phenoxy) is 2. The molecule has 5 rings (SSSR count). The van der Waals surface area contributed by atoms with E-state index in [0.29, 0.717) is 16.3 Å². The number of carbonyl (C=O) groups is 2. The number of rotatable bonds is 13. The van der Waals surface area contributed by atoms with Gasteiger partial charge in [-0.1, -0.05) is 41.1 Å². The van der Waals surface area contributed by atoms with E-state index in [-0.39, 0.29) is 31.1 Å². The van der Waals surface area contributed by atoms with Crippen LogP contribution >= 0.6 is 27.3 Å². The molecule has 3 heterocycles. The second kappa shape index (κ2) is 15.9. The third-order valence-electron chi connectivity index (χ3n) is 8.01. The molecule has 0 radical (unpaired) electrons. The first kappa shape index (κ1) is 36.6. The number of nitrogens with one attached hydrogen (secondary N) is 1. The Kier molecular flexibility index (Phi) is 11.7. The van der Waals surface area contributed by atoms with Crippen molar-refractivity contribution >= 4 is 45.1 Å². The first-order valence-electron chi connectivity index (χ1n) is 15.4. The summed E-state index contributed by atoms with van der Waals surface area (Å²) >= 11 is 4.72. The van der Waals surface area contributed by atoms with Crippen molar-refractivity contribution in [3.05, 3.63) is 111 Å². The molecule has 5 aromatic rings. The van der Waals surface area contributed by atoms with Crippen LogP contribution in [0.5, 0.6) is 0 Å². The Bertz CT molecular complexity index is 1960. The highest BCUT2D eigenvalue weighted by molar-refractivity contribution is 9.10. The molecule has 1 unspecified atom stereocenters. The minimum absolute atomic E-state index is 0.0297. The Balaban J connectivity index is 1.35. The summed E-state index contributed by atoms with van der Waals surface area (Å²) in [6.07, 6.45) is 2.72. The smallest absolute Gasteiger partial charge is 0.418 e. The lowest BCUT2D eigenvalue weighted by molar-refractivity contribution is -0.753. The fourth-order valence-electron chi connectivity index (χ4n) is 5.16. The van der Waals surface area contributed by atoms with Gasteiger partial charge in [0.1, 0.15) is 36.2 Å². The summed E-state index contributed by atoms with van der Waals surface area (Å²) in [6.45, 7) is 2.94. The van der Waals surface area contributed by atoms with Gasteiger partial charge in [0.15, 0.2) is 0 Å². The van der Waals surface area contributed by atoms with E-state index in [1.54, 1.807) is 33.0 Å². The summed E-state index contributed by atoms with van der Waals surface area (Å²) in [4.78, 5) is 35.2. The van der Waals surface area contributed by atoms with Gasteiger partial charge in [-0.15, -0.1) is 16.0 Å². The number of hydrogen-bond donors (Lipinski definition) is 2. The van der Waals surface area contributed by atoms with Crippen LogP contribution in [0.1, 0.15) is 42.1 Å². The molecular weight excluding hydrogens is 736 g/mol. The number of likely N-dealkylation sites (N-methyl/N-ethyl adjacent to an activating group) is 1. The van der Waals surface area contributed by atoms with E-state index in [1.807, 2.05) is 29.6 Å². The number of carbonyl (C=O) groups excluding carboxylic acids is 2. The van der Waals surface area contributed by atoms with E-state index in [1.165, 1.54) is 51.4 Å². The first-order chi connectivity index (χ1) is 23.9. The molecule has 0 saturated carbocycles. The number of aliphatic hydroxyl groups is 1. The summed E-state index contributed by atoms with van der Waals surface area (Å²) in [5, 5.41) is 21.6.